The second-order valence-corrected chi connectivity index (χ2v) is 6.11. The number of benzene rings is 1. The number of hydrogen-bond acceptors (Lipinski definition) is 2. The molecule has 1 aromatic carbocycles. The molecule has 0 bridgehead atoms. The maximum atomic E-state index is 12.5. The largest absolute Gasteiger partial charge is 0.352 e. The molecule has 0 spiro atoms. The van der Waals surface area contributed by atoms with Crippen molar-refractivity contribution in [3.63, 3.8) is 0 Å². The molecule has 2 rings (SSSR count). The van der Waals surface area contributed by atoms with Gasteiger partial charge in [0, 0.05) is 36.1 Å². The summed E-state index contributed by atoms with van der Waals surface area (Å²) in [5, 5.41) is 2.90. The van der Waals surface area contributed by atoms with E-state index in [4.69, 9.17) is 0 Å². The van der Waals surface area contributed by atoms with Gasteiger partial charge < -0.3 is 10.2 Å². The molecule has 5 heteroatoms. The van der Waals surface area contributed by atoms with Gasteiger partial charge in [-0.05, 0) is 37.5 Å². The molecule has 1 aliphatic rings. The Morgan fingerprint density at radius 2 is 2.15 bits per heavy atom. The summed E-state index contributed by atoms with van der Waals surface area (Å²) in [5.41, 5.74) is 1.79. The van der Waals surface area contributed by atoms with Gasteiger partial charge in [-0.1, -0.05) is 22.0 Å². The number of amides is 2. The molecular formula is C15H19BrN2O2. The Kier molecular flexibility index (Phi) is 4.81. The van der Waals surface area contributed by atoms with Gasteiger partial charge in [-0.3, -0.25) is 9.59 Å². The number of aryl methyl sites for hydroxylation is 1. The van der Waals surface area contributed by atoms with Crippen LogP contribution in [0, 0.1) is 6.92 Å². The fourth-order valence-corrected chi connectivity index (χ4v) is 2.85. The SMILES string of the molecule is CC(=O)NC1CCCN(C(=O)c2ccc(C)c(Br)c2)C1. The number of nitrogens with zero attached hydrogens (tertiary/aromatic N) is 1. The van der Waals surface area contributed by atoms with Crippen LogP contribution >= 0.6 is 15.9 Å². The van der Waals surface area contributed by atoms with Gasteiger partial charge in [0.15, 0.2) is 0 Å². The molecule has 0 saturated carbocycles. The highest BCUT2D eigenvalue weighted by molar-refractivity contribution is 9.10. The van der Waals surface area contributed by atoms with Crippen molar-refractivity contribution in [3.05, 3.63) is 33.8 Å². The van der Waals surface area contributed by atoms with E-state index in [1.165, 1.54) is 6.92 Å². The molecule has 2 amide bonds. The number of rotatable bonds is 2. The standard InChI is InChI=1S/C15H19BrN2O2/c1-10-5-6-12(8-14(10)16)15(20)18-7-3-4-13(9-18)17-11(2)19/h5-6,8,13H,3-4,7,9H2,1-2H3,(H,17,19). The zero-order valence-electron chi connectivity index (χ0n) is 11.8. The lowest BCUT2D eigenvalue weighted by molar-refractivity contribution is -0.120. The molecule has 0 radical (unpaired) electrons. The number of carbonyl (C=O) groups is 2. The van der Waals surface area contributed by atoms with Gasteiger partial charge in [-0.15, -0.1) is 0 Å². The smallest absolute Gasteiger partial charge is 0.253 e. The Hall–Kier alpha value is -1.36. The molecule has 4 nitrogen and oxygen atoms in total. The number of halogens is 1. The van der Waals surface area contributed by atoms with Crippen LogP contribution in [0.4, 0.5) is 0 Å². The van der Waals surface area contributed by atoms with Gasteiger partial charge in [0.25, 0.3) is 5.91 Å². The molecule has 1 aliphatic heterocycles. The van der Waals surface area contributed by atoms with Crippen LogP contribution in [0.1, 0.15) is 35.7 Å². The summed E-state index contributed by atoms with van der Waals surface area (Å²) in [6.07, 6.45) is 1.85. The normalized spacial score (nSPS) is 18.8. The Balaban J connectivity index is 2.08. The van der Waals surface area contributed by atoms with Crippen molar-refractivity contribution in [2.75, 3.05) is 13.1 Å². The first-order valence-corrected chi connectivity index (χ1v) is 7.59. The topological polar surface area (TPSA) is 49.4 Å². The molecule has 1 fully saturated rings. The lowest BCUT2D eigenvalue weighted by Crippen LogP contribution is -2.49. The Labute approximate surface area is 127 Å². The predicted molar refractivity (Wildman–Crippen MR) is 81.6 cm³/mol. The molecular weight excluding hydrogens is 320 g/mol. The van der Waals surface area contributed by atoms with Crippen molar-refractivity contribution >= 4 is 27.7 Å². The minimum absolute atomic E-state index is 0.0285. The van der Waals surface area contributed by atoms with Gasteiger partial charge in [-0.2, -0.15) is 0 Å². The van der Waals surface area contributed by atoms with Crippen molar-refractivity contribution in [1.29, 1.82) is 0 Å². The number of likely N-dealkylation sites (tertiary alicyclic amines) is 1. The van der Waals surface area contributed by atoms with Crippen molar-refractivity contribution in [2.24, 2.45) is 0 Å². The van der Waals surface area contributed by atoms with Crippen LogP contribution in [0.25, 0.3) is 0 Å². The molecule has 1 atom stereocenters. The second-order valence-electron chi connectivity index (χ2n) is 5.25. The van der Waals surface area contributed by atoms with E-state index >= 15 is 0 Å². The molecule has 0 aromatic heterocycles. The van der Waals surface area contributed by atoms with Crippen molar-refractivity contribution in [1.82, 2.24) is 10.2 Å². The zero-order chi connectivity index (χ0) is 14.7. The van der Waals surface area contributed by atoms with Crippen LogP contribution in [-0.2, 0) is 4.79 Å². The molecule has 1 unspecified atom stereocenters. The van der Waals surface area contributed by atoms with Crippen LogP contribution < -0.4 is 5.32 Å². The van der Waals surface area contributed by atoms with Crippen LogP contribution in [0.2, 0.25) is 0 Å². The lowest BCUT2D eigenvalue weighted by atomic mass is 10.0. The maximum Gasteiger partial charge on any atom is 0.253 e. The van der Waals surface area contributed by atoms with Gasteiger partial charge in [0.2, 0.25) is 5.91 Å². The summed E-state index contributed by atoms with van der Waals surface area (Å²) >= 11 is 3.46. The molecule has 1 N–H and O–H groups in total. The first kappa shape index (κ1) is 15.0. The maximum absolute atomic E-state index is 12.5. The quantitative estimate of drug-likeness (QED) is 0.900. The van der Waals surface area contributed by atoms with Crippen molar-refractivity contribution in [2.45, 2.75) is 32.7 Å². The van der Waals surface area contributed by atoms with Crippen molar-refractivity contribution < 1.29 is 9.59 Å². The lowest BCUT2D eigenvalue weighted by Gasteiger charge is -2.33. The van der Waals surface area contributed by atoms with E-state index in [0.29, 0.717) is 12.1 Å². The molecule has 1 aromatic rings. The van der Waals surface area contributed by atoms with E-state index < -0.39 is 0 Å². The molecule has 0 aliphatic carbocycles. The summed E-state index contributed by atoms with van der Waals surface area (Å²) in [6.45, 7) is 4.84. The van der Waals surface area contributed by atoms with Gasteiger partial charge in [0.1, 0.15) is 0 Å². The van der Waals surface area contributed by atoms with E-state index in [9.17, 15) is 9.59 Å². The van der Waals surface area contributed by atoms with Crippen LogP contribution in [-0.4, -0.2) is 35.8 Å². The fraction of sp³-hybridized carbons (Fsp3) is 0.467. The Morgan fingerprint density at radius 3 is 2.80 bits per heavy atom. The average Bonchev–Trinajstić information content (AvgIpc) is 2.40. The predicted octanol–water partition coefficient (Wildman–Crippen LogP) is 2.50. The minimum Gasteiger partial charge on any atom is -0.352 e. The van der Waals surface area contributed by atoms with E-state index in [1.807, 2.05) is 30.0 Å². The highest BCUT2D eigenvalue weighted by atomic mass is 79.9. The molecule has 1 saturated heterocycles. The van der Waals surface area contributed by atoms with Crippen molar-refractivity contribution in [3.8, 4) is 0 Å². The summed E-state index contributed by atoms with van der Waals surface area (Å²) in [6, 6.07) is 5.72. The second kappa shape index (κ2) is 6.39. The van der Waals surface area contributed by atoms with Crippen LogP contribution in [0.5, 0.6) is 0 Å². The van der Waals surface area contributed by atoms with Crippen LogP contribution in [0.3, 0.4) is 0 Å². The first-order valence-electron chi connectivity index (χ1n) is 6.80. The third-order valence-corrected chi connectivity index (χ3v) is 4.39. The fourth-order valence-electron chi connectivity index (χ4n) is 2.48. The summed E-state index contributed by atoms with van der Waals surface area (Å²) in [4.78, 5) is 25.4. The van der Waals surface area contributed by atoms with Gasteiger partial charge in [0.05, 0.1) is 0 Å². The Bertz CT molecular complexity index is 531. The van der Waals surface area contributed by atoms with E-state index in [2.05, 4.69) is 21.2 Å². The minimum atomic E-state index is -0.0395. The number of hydrogen-bond donors (Lipinski definition) is 1. The summed E-state index contributed by atoms with van der Waals surface area (Å²) in [7, 11) is 0. The van der Waals surface area contributed by atoms with E-state index in [1.54, 1.807) is 0 Å². The van der Waals surface area contributed by atoms with Gasteiger partial charge >= 0.3 is 0 Å². The molecule has 20 heavy (non-hydrogen) atoms. The molecule has 108 valence electrons. The monoisotopic (exact) mass is 338 g/mol. The van der Waals surface area contributed by atoms with Gasteiger partial charge in [-0.25, -0.2) is 0 Å². The average molecular weight is 339 g/mol. The Morgan fingerprint density at radius 1 is 1.40 bits per heavy atom. The highest BCUT2D eigenvalue weighted by Gasteiger charge is 2.25. The molecule has 1 heterocycles. The third kappa shape index (κ3) is 3.60. The summed E-state index contributed by atoms with van der Waals surface area (Å²) in [5.74, 6) is -0.0110. The van der Waals surface area contributed by atoms with E-state index in [-0.39, 0.29) is 17.9 Å². The highest BCUT2D eigenvalue weighted by Crippen LogP contribution is 2.20. The van der Waals surface area contributed by atoms with E-state index in [0.717, 1.165) is 29.4 Å². The number of carbonyl (C=O) groups excluding carboxylic acids is 2. The van der Waals surface area contributed by atoms with Crippen LogP contribution in [0.15, 0.2) is 22.7 Å². The number of piperidine rings is 1. The number of nitrogens with one attached hydrogen (secondary N) is 1. The summed E-state index contributed by atoms with van der Waals surface area (Å²) < 4.78 is 0.943. The first-order chi connectivity index (χ1) is 9.47. The zero-order valence-corrected chi connectivity index (χ0v) is 13.4. The third-order valence-electron chi connectivity index (χ3n) is 3.53.